The Hall–Kier alpha value is -2.39. The van der Waals surface area contributed by atoms with Gasteiger partial charge in [-0.15, -0.1) is 0 Å². The molecule has 1 aliphatic rings. The first-order chi connectivity index (χ1) is 15.5. The van der Waals surface area contributed by atoms with E-state index in [4.69, 9.17) is 16.3 Å². The number of hydrogen-bond donors (Lipinski definition) is 0. The average molecular weight is 496 g/mol. The van der Waals surface area contributed by atoms with Gasteiger partial charge in [-0.1, -0.05) is 48.4 Å². The van der Waals surface area contributed by atoms with Crippen LogP contribution in [0.15, 0.2) is 24.3 Å². The highest BCUT2D eigenvalue weighted by atomic mass is 35.5. The lowest BCUT2D eigenvalue weighted by Gasteiger charge is -2.33. The summed E-state index contributed by atoms with van der Waals surface area (Å²) in [6, 6.07) is 7.33. The average Bonchev–Trinajstić information content (AvgIpc) is 3.25. The van der Waals surface area contributed by atoms with Crippen LogP contribution in [0.3, 0.4) is 0 Å². The maximum Gasteiger partial charge on any atom is 0.343 e. The largest absolute Gasteiger partial charge is 0.452 e. The van der Waals surface area contributed by atoms with Gasteiger partial charge in [-0.25, -0.2) is 17.9 Å². The van der Waals surface area contributed by atoms with E-state index < -0.39 is 34.4 Å². The van der Waals surface area contributed by atoms with Gasteiger partial charge in [0.15, 0.2) is 16.4 Å². The highest BCUT2D eigenvalue weighted by Crippen LogP contribution is 2.24. The van der Waals surface area contributed by atoms with E-state index >= 15 is 0 Å². The highest BCUT2D eigenvalue weighted by Gasteiger charge is 2.37. The van der Waals surface area contributed by atoms with Crippen LogP contribution in [0.25, 0.3) is 0 Å². The van der Waals surface area contributed by atoms with Gasteiger partial charge in [-0.3, -0.25) is 4.79 Å². The highest BCUT2D eigenvalue weighted by molar-refractivity contribution is 7.91. The summed E-state index contributed by atoms with van der Waals surface area (Å²) in [6.45, 7) is 7.35. The molecule has 1 fully saturated rings. The molecule has 1 aliphatic heterocycles. The Bertz CT molecular complexity index is 1130. The summed E-state index contributed by atoms with van der Waals surface area (Å²) in [5, 5.41) is 4.50. The van der Waals surface area contributed by atoms with Gasteiger partial charge in [0.05, 0.1) is 23.7 Å². The number of aryl methyl sites for hydroxylation is 2. The molecule has 3 rings (SSSR count). The van der Waals surface area contributed by atoms with Gasteiger partial charge >= 0.3 is 5.97 Å². The summed E-state index contributed by atoms with van der Waals surface area (Å²) in [5.41, 5.74) is 2.65. The van der Waals surface area contributed by atoms with E-state index in [1.165, 1.54) is 4.68 Å². The Kier molecular flexibility index (Phi) is 7.84. The van der Waals surface area contributed by atoms with Crippen LogP contribution in [0.5, 0.6) is 0 Å². The number of ether oxygens (including phenoxy) is 1. The Morgan fingerprint density at radius 3 is 2.52 bits per heavy atom. The lowest BCUT2D eigenvalue weighted by molar-refractivity contribution is -0.138. The number of amides is 1. The molecule has 0 saturated carbocycles. The first kappa shape index (κ1) is 25.2. The topological polar surface area (TPSA) is 98.6 Å². The second-order valence-electron chi connectivity index (χ2n) is 8.59. The number of esters is 1. The van der Waals surface area contributed by atoms with Crippen LogP contribution in [0.2, 0.25) is 5.15 Å². The second-order valence-corrected chi connectivity index (χ2v) is 11.2. The summed E-state index contributed by atoms with van der Waals surface area (Å²) in [4.78, 5) is 27.2. The van der Waals surface area contributed by atoms with Gasteiger partial charge in [0, 0.05) is 12.1 Å². The fourth-order valence-electron chi connectivity index (χ4n) is 4.03. The fourth-order valence-corrected chi connectivity index (χ4v) is 6.05. The third-order valence-electron chi connectivity index (χ3n) is 6.00. The van der Waals surface area contributed by atoms with Crippen molar-refractivity contribution < 1.29 is 22.7 Å². The van der Waals surface area contributed by atoms with Crippen molar-refractivity contribution in [1.82, 2.24) is 14.7 Å². The summed E-state index contributed by atoms with van der Waals surface area (Å²) in [5.74, 6) is -1.15. The van der Waals surface area contributed by atoms with Gasteiger partial charge in [0.2, 0.25) is 0 Å². The van der Waals surface area contributed by atoms with Crippen LogP contribution < -0.4 is 0 Å². The molecule has 8 nitrogen and oxygen atoms in total. The van der Waals surface area contributed by atoms with Crippen LogP contribution in [-0.4, -0.2) is 65.2 Å². The van der Waals surface area contributed by atoms with Crippen molar-refractivity contribution >= 4 is 33.3 Å². The zero-order chi connectivity index (χ0) is 24.3. The zero-order valence-electron chi connectivity index (χ0n) is 19.4. The molecule has 0 bridgehead atoms. The maximum atomic E-state index is 12.9. The molecule has 2 unspecified atom stereocenters. The van der Waals surface area contributed by atoms with E-state index in [0.29, 0.717) is 25.1 Å². The predicted octanol–water partition coefficient (Wildman–Crippen LogP) is 3.17. The minimum absolute atomic E-state index is 0.0618. The minimum atomic E-state index is -3.16. The number of carbonyl (C=O) groups excluding carboxylic acids is 2. The van der Waals surface area contributed by atoms with E-state index in [0.717, 1.165) is 11.1 Å². The van der Waals surface area contributed by atoms with Crippen LogP contribution in [0.1, 0.15) is 53.9 Å². The molecule has 180 valence electrons. The first-order valence-electron chi connectivity index (χ1n) is 11.0. The van der Waals surface area contributed by atoms with Crippen molar-refractivity contribution in [1.29, 1.82) is 0 Å². The van der Waals surface area contributed by atoms with Gasteiger partial charge in [-0.05, 0) is 39.2 Å². The van der Waals surface area contributed by atoms with Crippen LogP contribution in [0, 0.1) is 13.8 Å². The molecule has 33 heavy (non-hydrogen) atoms. The Morgan fingerprint density at radius 1 is 1.27 bits per heavy atom. The van der Waals surface area contributed by atoms with Crippen LogP contribution in [0.4, 0.5) is 0 Å². The summed E-state index contributed by atoms with van der Waals surface area (Å²) in [6.07, 6.45) is 1.05. The standard InChI is InChI=1S/C23H30ClN3O5S/c1-5-16(3)27(19-10-11-33(30,31)14-19)20(28)13-32-23(29)21-17(4)25-26(22(21)24)12-18-8-6-15(2)7-9-18/h6-9,16,19H,5,10-14H2,1-4H3. The summed E-state index contributed by atoms with van der Waals surface area (Å²) in [7, 11) is -3.16. The Balaban J connectivity index is 1.69. The lowest BCUT2D eigenvalue weighted by Crippen LogP contribution is -2.48. The maximum absolute atomic E-state index is 12.9. The van der Waals surface area contributed by atoms with Gasteiger partial charge < -0.3 is 9.64 Å². The number of sulfone groups is 1. The number of aromatic nitrogens is 2. The number of hydrogen-bond acceptors (Lipinski definition) is 6. The second kappa shape index (κ2) is 10.3. The molecule has 2 atom stereocenters. The van der Waals surface area contributed by atoms with E-state index in [2.05, 4.69) is 5.10 Å². The molecule has 2 aromatic rings. The number of nitrogens with zero attached hydrogens (tertiary/aromatic N) is 3. The molecule has 1 aromatic carbocycles. The van der Waals surface area contributed by atoms with E-state index in [1.54, 1.807) is 11.8 Å². The molecular weight excluding hydrogens is 466 g/mol. The fraction of sp³-hybridized carbons (Fsp3) is 0.522. The van der Waals surface area contributed by atoms with Crippen molar-refractivity contribution in [3.8, 4) is 0 Å². The lowest BCUT2D eigenvalue weighted by atomic mass is 10.1. The van der Waals surface area contributed by atoms with E-state index in [1.807, 2.05) is 45.0 Å². The molecule has 1 aromatic heterocycles. The predicted molar refractivity (Wildman–Crippen MR) is 126 cm³/mol. The molecule has 0 aliphatic carbocycles. The Labute approximate surface area is 199 Å². The smallest absolute Gasteiger partial charge is 0.343 e. The van der Waals surface area contributed by atoms with E-state index in [-0.39, 0.29) is 28.3 Å². The van der Waals surface area contributed by atoms with Crippen LogP contribution >= 0.6 is 11.6 Å². The SMILES string of the molecule is CCC(C)N(C(=O)COC(=O)c1c(C)nn(Cc2ccc(C)cc2)c1Cl)C1CCS(=O)(=O)C1. The molecule has 1 saturated heterocycles. The molecule has 10 heteroatoms. The quantitative estimate of drug-likeness (QED) is 0.521. The first-order valence-corrected chi connectivity index (χ1v) is 13.2. The van der Waals surface area contributed by atoms with Crippen molar-refractivity contribution in [2.24, 2.45) is 0 Å². The van der Waals surface area contributed by atoms with Crippen molar-refractivity contribution in [3.63, 3.8) is 0 Å². The van der Waals surface area contributed by atoms with Crippen molar-refractivity contribution in [2.75, 3.05) is 18.1 Å². The summed E-state index contributed by atoms with van der Waals surface area (Å²) < 4.78 is 30.6. The van der Waals surface area contributed by atoms with Crippen LogP contribution in [-0.2, 0) is 25.9 Å². The minimum Gasteiger partial charge on any atom is -0.452 e. The number of carbonyl (C=O) groups is 2. The molecule has 0 spiro atoms. The molecule has 1 amide bonds. The monoisotopic (exact) mass is 495 g/mol. The number of halogens is 1. The third-order valence-corrected chi connectivity index (χ3v) is 8.14. The molecule has 0 radical (unpaired) electrons. The van der Waals surface area contributed by atoms with Gasteiger partial charge in [0.1, 0.15) is 10.7 Å². The Morgan fingerprint density at radius 2 is 1.94 bits per heavy atom. The molecule has 2 heterocycles. The van der Waals surface area contributed by atoms with Gasteiger partial charge in [0.25, 0.3) is 5.91 Å². The third kappa shape index (κ3) is 5.95. The van der Waals surface area contributed by atoms with Crippen molar-refractivity contribution in [2.45, 2.75) is 59.2 Å². The summed E-state index contributed by atoms with van der Waals surface area (Å²) >= 11 is 6.43. The molecular formula is C23H30ClN3O5S. The number of rotatable bonds is 8. The van der Waals surface area contributed by atoms with E-state index in [9.17, 15) is 18.0 Å². The zero-order valence-corrected chi connectivity index (χ0v) is 20.9. The van der Waals surface area contributed by atoms with Gasteiger partial charge in [-0.2, -0.15) is 5.10 Å². The number of benzene rings is 1. The van der Waals surface area contributed by atoms with Crippen molar-refractivity contribution in [3.05, 3.63) is 51.8 Å². The molecule has 0 N–H and O–H groups in total. The normalized spacial score (nSPS) is 18.2.